The highest BCUT2D eigenvalue weighted by molar-refractivity contribution is 7.97. The number of hydrogen-bond acceptors (Lipinski definition) is 4. The van der Waals surface area contributed by atoms with Crippen molar-refractivity contribution in [1.29, 1.82) is 0 Å². The second kappa shape index (κ2) is 8.13. The number of carbonyl (C=O) groups is 2. The van der Waals surface area contributed by atoms with E-state index < -0.39 is 18.0 Å². The van der Waals surface area contributed by atoms with Gasteiger partial charge in [0.25, 0.3) is 0 Å². The molecule has 3 aromatic carbocycles. The molecule has 146 valence electrons. The van der Waals surface area contributed by atoms with Crippen molar-refractivity contribution < 1.29 is 19.1 Å². The standard InChI is InChI=1S/C24H21O4S/c1-16-3-9-19(10-4-16)29(20-11-5-17(2)6-12-20)21-13-7-18(8-14-21)27-22-15-23(25)28-24(22)26/h3-14,22H,15H2,1-2H3/q+1. The van der Waals surface area contributed by atoms with Crippen LogP contribution in [-0.4, -0.2) is 18.0 Å². The lowest BCUT2D eigenvalue weighted by Crippen LogP contribution is -2.21. The summed E-state index contributed by atoms with van der Waals surface area (Å²) in [6, 6.07) is 24.9. The minimum absolute atomic E-state index is 0.0440. The summed E-state index contributed by atoms with van der Waals surface area (Å²) in [6.45, 7) is 4.16. The summed E-state index contributed by atoms with van der Waals surface area (Å²) >= 11 is 0. The predicted molar refractivity (Wildman–Crippen MR) is 111 cm³/mol. The first kappa shape index (κ1) is 19.3. The molecular formula is C24H21O4S+. The fourth-order valence-electron chi connectivity index (χ4n) is 3.12. The van der Waals surface area contributed by atoms with Crippen LogP contribution in [0.2, 0.25) is 0 Å². The Hall–Kier alpha value is -3.05. The molecule has 1 fully saturated rings. The van der Waals surface area contributed by atoms with E-state index in [1.165, 1.54) is 20.9 Å². The van der Waals surface area contributed by atoms with Gasteiger partial charge >= 0.3 is 11.9 Å². The van der Waals surface area contributed by atoms with Gasteiger partial charge in [-0.3, -0.25) is 4.79 Å². The zero-order chi connectivity index (χ0) is 20.4. The lowest BCUT2D eigenvalue weighted by molar-refractivity contribution is -0.154. The molecule has 0 N–H and O–H groups in total. The molecule has 0 amide bonds. The molecule has 4 rings (SSSR count). The van der Waals surface area contributed by atoms with Crippen LogP contribution in [-0.2, 0) is 25.2 Å². The molecule has 29 heavy (non-hydrogen) atoms. The second-order valence-electron chi connectivity index (χ2n) is 7.01. The third-order valence-electron chi connectivity index (χ3n) is 4.68. The molecular weight excluding hydrogens is 384 g/mol. The van der Waals surface area contributed by atoms with E-state index in [1.807, 2.05) is 24.3 Å². The van der Waals surface area contributed by atoms with Crippen molar-refractivity contribution in [3.05, 3.63) is 83.9 Å². The van der Waals surface area contributed by atoms with E-state index in [2.05, 4.69) is 67.1 Å². The molecule has 0 spiro atoms. The van der Waals surface area contributed by atoms with Crippen LogP contribution < -0.4 is 4.74 Å². The van der Waals surface area contributed by atoms with Gasteiger partial charge in [0.05, 0.1) is 17.3 Å². The first-order chi connectivity index (χ1) is 14.0. The molecule has 0 saturated carbocycles. The number of ether oxygens (including phenoxy) is 2. The highest BCUT2D eigenvalue weighted by Gasteiger charge is 2.35. The van der Waals surface area contributed by atoms with E-state index >= 15 is 0 Å². The molecule has 0 aromatic heterocycles. The molecule has 0 bridgehead atoms. The summed E-state index contributed by atoms with van der Waals surface area (Å²) in [5.74, 6) is -0.628. The molecule has 1 aliphatic rings. The van der Waals surface area contributed by atoms with E-state index in [1.54, 1.807) is 0 Å². The second-order valence-corrected chi connectivity index (χ2v) is 9.03. The van der Waals surface area contributed by atoms with Crippen molar-refractivity contribution in [3.8, 4) is 5.75 Å². The molecule has 5 heteroatoms. The van der Waals surface area contributed by atoms with Crippen molar-refractivity contribution >= 4 is 22.8 Å². The van der Waals surface area contributed by atoms with E-state index in [4.69, 9.17) is 4.74 Å². The van der Waals surface area contributed by atoms with Gasteiger partial charge < -0.3 is 9.47 Å². The number of esters is 2. The number of benzene rings is 3. The minimum atomic E-state index is -0.860. The maximum atomic E-state index is 11.6. The van der Waals surface area contributed by atoms with Gasteiger partial charge in [0.2, 0.25) is 6.10 Å². The summed E-state index contributed by atoms with van der Waals surface area (Å²) in [6.07, 6.45) is -0.904. The fraction of sp³-hybridized carbons (Fsp3) is 0.167. The minimum Gasteiger partial charge on any atom is -0.478 e. The smallest absolute Gasteiger partial charge is 0.355 e. The number of aryl methyl sites for hydroxylation is 2. The quantitative estimate of drug-likeness (QED) is 0.353. The summed E-state index contributed by atoms with van der Waals surface area (Å²) < 4.78 is 10.2. The van der Waals surface area contributed by atoms with E-state index in [0.717, 1.165) is 4.90 Å². The Kier molecular flexibility index (Phi) is 5.41. The summed E-state index contributed by atoms with van der Waals surface area (Å²) in [7, 11) is -0.257. The molecule has 4 nitrogen and oxygen atoms in total. The SMILES string of the molecule is Cc1ccc([S+](c2ccc(C)cc2)c2ccc(OC3CC(=O)OC3=O)cc2)cc1. The summed E-state index contributed by atoms with van der Waals surface area (Å²) in [5.41, 5.74) is 2.45. The van der Waals surface area contributed by atoms with E-state index in [0.29, 0.717) is 5.75 Å². The maximum absolute atomic E-state index is 11.6. The topological polar surface area (TPSA) is 52.6 Å². The first-order valence-corrected chi connectivity index (χ1v) is 10.6. The van der Waals surface area contributed by atoms with Crippen molar-refractivity contribution in [3.63, 3.8) is 0 Å². The average molecular weight is 405 g/mol. The monoisotopic (exact) mass is 405 g/mol. The predicted octanol–water partition coefficient (Wildman–Crippen LogP) is 4.62. The largest absolute Gasteiger partial charge is 0.478 e. The Morgan fingerprint density at radius 1 is 0.759 bits per heavy atom. The van der Waals surface area contributed by atoms with Crippen LogP contribution in [0.15, 0.2) is 87.5 Å². The van der Waals surface area contributed by atoms with Gasteiger partial charge in [-0.2, -0.15) is 0 Å². The van der Waals surface area contributed by atoms with E-state index in [-0.39, 0.29) is 17.3 Å². The highest BCUT2D eigenvalue weighted by Crippen LogP contribution is 2.33. The van der Waals surface area contributed by atoms with Gasteiger partial charge in [0.15, 0.2) is 14.7 Å². The summed E-state index contributed by atoms with van der Waals surface area (Å²) in [4.78, 5) is 26.5. The van der Waals surface area contributed by atoms with Gasteiger partial charge in [0, 0.05) is 0 Å². The van der Waals surface area contributed by atoms with Gasteiger partial charge in [0.1, 0.15) is 5.75 Å². The molecule has 1 saturated heterocycles. The van der Waals surface area contributed by atoms with Gasteiger partial charge in [-0.15, -0.1) is 0 Å². The van der Waals surface area contributed by atoms with Crippen LogP contribution in [0.25, 0.3) is 0 Å². The van der Waals surface area contributed by atoms with Crippen molar-refractivity contribution in [2.24, 2.45) is 0 Å². The molecule has 1 aliphatic heterocycles. The number of carbonyl (C=O) groups excluding carboxylic acids is 2. The van der Waals surface area contributed by atoms with Crippen LogP contribution >= 0.6 is 0 Å². The molecule has 1 heterocycles. The van der Waals surface area contributed by atoms with Crippen LogP contribution in [0.3, 0.4) is 0 Å². The molecule has 0 aliphatic carbocycles. The van der Waals surface area contributed by atoms with Crippen LogP contribution in [0.4, 0.5) is 0 Å². The van der Waals surface area contributed by atoms with Crippen molar-refractivity contribution in [2.75, 3.05) is 0 Å². The average Bonchev–Trinajstić information content (AvgIpc) is 3.03. The van der Waals surface area contributed by atoms with Crippen molar-refractivity contribution in [2.45, 2.75) is 41.1 Å². The first-order valence-electron chi connectivity index (χ1n) is 9.38. The third-order valence-corrected chi connectivity index (χ3v) is 6.91. The van der Waals surface area contributed by atoms with Gasteiger partial charge in [-0.05, 0) is 62.4 Å². The molecule has 3 aromatic rings. The maximum Gasteiger partial charge on any atom is 0.355 e. The normalized spacial score (nSPS) is 16.2. The Balaban J connectivity index is 1.64. The lowest BCUT2D eigenvalue weighted by Gasteiger charge is -2.11. The number of hydrogen-bond donors (Lipinski definition) is 0. The summed E-state index contributed by atoms with van der Waals surface area (Å²) in [5, 5.41) is 0. The Morgan fingerprint density at radius 2 is 1.21 bits per heavy atom. The molecule has 1 unspecified atom stereocenters. The Morgan fingerprint density at radius 3 is 1.62 bits per heavy atom. The number of rotatable bonds is 5. The lowest BCUT2D eigenvalue weighted by atomic mass is 10.2. The Labute approximate surface area is 172 Å². The fourth-order valence-corrected chi connectivity index (χ4v) is 5.16. The molecule has 0 radical (unpaired) electrons. The highest BCUT2D eigenvalue weighted by atomic mass is 32.2. The van der Waals surface area contributed by atoms with Crippen LogP contribution in [0.1, 0.15) is 17.5 Å². The zero-order valence-corrected chi connectivity index (χ0v) is 17.1. The third kappa shape index (κ3) is 4.35. The van der Waals surface area contributed by atoms with E-state index in [9.17, 15) is 9.59 Å². The number of cyclic esters (lactones) is 2. The zero-order valence-electron chi connectivity index (χ0n) is 16.3. The van der Waals surface area contributed by atoms with Crippen LogP contribution in [0.5, 0.6) is 5.75 Å². The molecule has 1 atom stereocenters. The Bertz CT molecular complexity index is 978. The van der Waals surface area contributed by atoms with Crippen LogP contribution in [0, 0.1) is 13.8 Å². The van der Waals surface area contributed by atoms with Crippen molar-refractivity contribution in [1.82, 2.24) is 0 Å². The van der Waals surface area contributed by atoms with Gasteiger partial charge in [-0.1, -0.05) is 35.4 Å². The van der Waals surface area contributed by atoms with Gasteiger partial charge in [-0.25, -0.2) is 4.79 Å².